The largest absolute Gasteiger partial charge is 0.369 e. The van der Waals surface area contributed by atoms with Crippen molar-refractivity contribution in [3.63, 3.8) is 0 Å². The average molecular weight is 287 g/mol. The standard InChI is InChI=1S/C18H22FNO/c19-10-15-12-6-17(14-4-2-1-3-5-14)7-13(15)9-18(8-12,11-17)16(20)21/h1-5,12-13,15H,6-11H2,(H2,20,21). The lowest BCUT2D eigenvalue weighted by Crippen LogP contribution is -2.61. The zero-order valence-corrected chi connectivity index (χ0v) is 12.2. The summed E-state index contributed by atoms with van der Waals surface area (Å²) in [7, 11) is 0. The van der Waals surface area contributed by atoms with Gasteiger partial charge in [-0.25, -0.2) is 0 Å². The summed E-state index contributed by atoms with van der Waals surface area (Å²) >= 11 is 0. The van der Waals surface area contributed by atoms with E-state index in [2.05, 4.69) is 24.3 Å². The van der Waals surface area contributed by atoms with Gasteiger partial charge in [0, 0.05) is 0 Å². The third-order valence-electron chi connectivity index (χ3n) is 6.59. The van der Waals surface area contributed by atoms with Crippen molar-refractivity contribution in [1.29, 1.82) is 0 Å². The molecule has 4 fully saturated rings. The van der Waals surface area contributed by atoms with Crippen LogP contribution >= 0.6 is 0 Å². The van der Waals surface area contributed by atoms with E-state index in [1.54, 1.807) is 0 Å². The Morgan fingerprint density at radius 1 is 1.14 bits per heavy atom. The van der Waals surface area contributed by atoms with Crippen LogP contribution in [-0.4, -0.2) is 12.6 Å². The fourth-order valence-corrected chi connectivity index (χ4v) is 5.92. The lowest BCUT2D eigenvalue weighted by atomic mass is 9.40. The molecule has 0 aliphatic heterocycles. The Labute approximate surface area is 124 Å². The molecule has 21 heavy (non-hydrogen) atoms. The van der Waals surface area contributed by atoms with Crippen LogP contribution in [0.3, 0.4) is 0 Å². The Kier molecular flexibility index (Phi) is 2.73. The normalized spacial score (nSPS) is 44.0. The van der Waals surface area contributed by atoms with Gasteiger partial charge in [0.15, 0.2) is 0 Å². The van der Waals surface area contributed by atoms with Crippen LogP contribution in [0.25, 0.3) is 0 Å². The van der Waals surface area contributed by atoms with Gasteiger partial charge in [0.2, 0.25) is 5.91 Å². The van der Waals surface area contributed by atoms with E-state index < -0.39 is 0 Å². The number of amides is 1. The molecule has 112 valence electrons. The third kappa shape index (κ3) is 1.72. The van der Waals surface area contributed by atoms with Crippen LogP contribution in [0.2, 0.25) is 0 Å². The summed E-state index contributed by atoms with van der Waals surface area (Å²) < 4.78 is 13.5. The molecule has 2 N–H and O–H groups in total. The molecule has 0 spiro atoms. The number of primary amides is 1. The summed E-state index contributed by atoms with van der Waals surface area (Å²) in [5, 5.41) is 0. The summed E-state index contributed by atoms with van der Waals surface area (Å²) in [6, 6.07) is 10.5. The number of halogens is 1. The first-order valence-electron chi connectivity index (χ1n) is 8.00. The van der Waals surface area contributed by atoms with Crippen molar-refractivity contribution in [2.24, 2.45) is 28.9 Å². The molecule has 1 amide bonds. The monoisotopic (exact) mass is 287 g/mol. The van der Waals surface area contributed by atoms with Crippen molar-refractivity contribution in [3.8, 4) is 0 Å². The van der Waals surface area contributed by atoms with Crippen molar-refractivity contribution in [2.75, 3.05) is 6.67 Å². The molecule has 4 bridgehead atoms. The highest BCUT2D eigenvalue weighted by molar-refractivity contribution is 5.81. The van der Waals surface area contributed by atoms with Gasteiger partial charge in [0.05, 0.1) is 12.1 Å². The summed E-state index contributed by atoms with van der Waals surface area (Å²) in [5.74, 6) is 0.636. The second-order valence-corrected chi connectivity index (χ2v) is 7.62. The van der Waals surface area contributed by atoms with Gasteiger partial charge in [0.25, 0.3) is 0 Å². The van der Waals surface area contributed by atoms with Crippen LogP contribution in [0.5, 0.6) is 0 Å². The van der Waals surface area contributed by atoms with E-state index in [4.69, 9.17) is 5.73 Å². The number of hydrogen-bond acceptors (Lipinski definition) is 1. The number of nitrogens with two attached hydrogens (primary N) is 1. The second-order valence-electron chi connectivity index (χ2n) is 7.62. The van der Waals surface area contributed by atoms with Crippen molar-refractivity contribution >= 4 is 5.91 Å². The van der Waals surface area contributed by atoms with E-state index in [-0.39, 0.29) is 29.3 Å². The highest BCUT2D eigenvalue weighted by Gasteiger charge is 2.63. The van der Waals surface area contributed by atoms with Gasteiger partial charge in [0.1, 0.15) is 0 Å². The molecule has 0 aromatic heterocycles. The minimum atomic E-state index is -0.382. The molecule has 1 aromatic rings. The first-order chi connectivity index (χ1) is 10.1. The van der Waals surface area contributed by atoms with Gasteiger partial charge in [-0.3, -0.25) is 9.18 Å². The zero-order chi connectivity index (χ0) is 14.7. The van der Waals surface area contributed by atoms with E-state index >= 15 is 0 Å². The Balaban J connectivity index is 1.80. The molecular weight excluding hydrogens is 265 g/mol. The molecule has 1 aromatic carbocycles. The SMILES string of the molecule is NC(=O)C12CC3CC(c4ccccc4)(CC(C1)C3CF)C2. The number of carbonyl (C=O) groups is 1. The fraction of sp³-hybridized carbons (Fsp3) is 0.611. The Hall–Kier alpha value is -1.38. The lowest BCUT2D eigenvalue weighted by Gasteiger charge is -2.63. The van der Waals surface area contributed by atoms with E-state index in [9.17, 15) is 9.18 Å². The predicted molar refractivity (Wildman–Crippen MR) is 79.3 cm³/mol. The summed E-state index contributed by atoms with van der Waals surface area (Å²) in [6.07, 6.45) is 4.53. The van der Waals surface area contributed by atoms with Crippen molar-refractivity contribution in [3.05, 3.63) is 35.9 Å². The first kappa shape index (κ1) is 13.3. The molecular formula is C18H22FNO. The van der Waals surface area contributed by atoms with Gasteiger partial charge in [-0.15, -0.1) is 0 Å². The summed E-state index contributed by atoms with van der Waals surface area (Å²) in [6.45, 7) is -0.241. The minimum Gasteiger partial charge on any atom is -0.369 e. The number of benzene rings is 1. The maximum Gasteiger partial charge on any atom is 0.223 e. The maximum atomic E-state index is 13.5. The predicted octanol–water partition coefficient (Wildman–Crippen LogP) is 3.21. The smallest absolute Gasteiger partial charge is 0.223 e. The molecule has 5 rings (SSSR count). The van der Waals surface area contributed by atoms with Crippen molar-refractivity contribution in [1.82, 2.24) is 0 Å². The highest BCUT2D eigenvalue weighted by Crippen LogP contribution is 2.67. The zero-order valence-electron chi connectivity index (χ0n) is 12.2. The lowest BCUT2D eigenvalue weighted by molar-refractivity contribution is -0.155. The molecule has 2 nitrogen and oxygen atoms in total. The van der Waals surface area contributed by atoms with Gasteiger partial charge >= 0.3 is 0 Å². The van der Waals surface area contributed by atoms with Crippen LogP contribution in [0.15, 0.2) is 30.3 Å². The number of rotatable bonds is 3. The Bertz CT molecular complexity index is 554. The quantitative estimate of drug-likeness (QED) is 0.911. The molecule has 3 heteroatoms. The fourth-order valence-electron chi connectivity index (χ4n) is 5.92. The van der Waals surface area contributed by atoms with E-state index in [0.717, 1.165) is 32.1 Å². The Morgan fingerprint density at radius 2 is 1.76 bits per heavy atom. The molecule has 0 saturated heterocycles. The first-order valence-corrected chi connectivity index (χ1v) is 8.00. The molecule has 4 aliphatic carbocycles. The molecule has 0 heterocycles. The maximum absolute atomic E-state index is 13.5. The molecule has 2 atom stereocenters. The van der Waals surface area contributed by atoms with Crippen molar-refractivity contribution < 1.29 is 9.18 Å². The van der Waals surface area contributed by atoms with Crippen LogP contribution in [0.4, 0.5) is 4.39 Å². The summed E-state index contributed by atoms with van der Waals surface area (Å²) in [5.41, 5.74) is 6.77. The topological polar surface area (TPSA) is 43.1 Å². The highest BCUT2D eigenvalue weighted by atomic mass is 19.1. The second kappa shape index (κ2) is 4.31. The van der Waals surface area contributed by atoms with Gasteiger partial charge in [-0.2, -0.15) is 0 Å². The molecule has 0 radical (unpaired) electrons. The van der Waals surface area contributed by atoms with Gasteiger partial charge in [-0.05, 0) is 60.8 Å². The third-order valence-corrected chi connectivity index (χ3v) is 6.59. The van der Waals surface area contributed by atoms with Gasteiger partial charge < -0.3 is 5.73 Å². The van der Waals surface area contributed by atoms with Crippen LogP contribution in [0, 0.1) is 23.2 Å². The van der Waals surface area contributed by atoms with Crippen molar-refractivity contribution in [2.45, 2.75) is 37.5 Å². The van der Waals surface area contributed by atoms with Crippen LogP contribution in [-0.2, 0) is 10.2 Å². The molecule has 4 aliphatic rings. The summed E-state index contributed by atoms with van der Waals surface area (Å²) in [4.78, 5) is 12.1. The van der Waals surface area contributed by atoms with E-state index in [0.29, 0.717) is 11.8 Å². The average Bonchev–Trinajstić information content (AvgIpc) is 2.47. The van der Waals surface area contributed by atoms with E-state index in [1.165, 1.54) is 5.56 Å². The number of alkyl halides is 1. The number of carbonyl (C=O) groups excluding carboxylic acids is 1. The van der Waals surface area contributed by atoms with Crippen LogP contribution in [0.1, 0.15) is 37.7 Å². The number of hydrogen-bond donors (Lipinski definition) is 1. The molecule has 2 unspecified atom stereocenters. The molecule has 4 saturated carbocycles. The van der Waals surface area contributed by atoms with Crippen LogP contribution < -0.4 is 5.73 Å². The minimum absolute atomic E-state index is 0.0494. The van der Waals surface area contributed by atoms with Gasteiger partial charge in [-0.1, -0.05) is 30.3 Å². The van der Waals surface area contributed by atoms with E-state index in [1.807, 2.05) is 6.07 Å². The Morgan fingerprint density at radius 3 is 2.29 bits per heavy atom.